The van der Waals surface area contributed by atoms with Gasteiger partial charge in [-0.05, 0) is 29.7 Å². The van der Waals surface area contributed by atoms with Crippen molar-refractivity contribution in [2.24, 2.45) is 5.73 Å². The van der Waals surface area contributed by atoms with Gasteiger partial charge in [0.25, 0.3) is 6.47 Å². The molecule has 0 fully saturated rings. The zero-order chi connectivity index (χ0) is 22.9. The number of benzene rings is 2. The molecule has 0 aromatic heterocycles. The fourth-order valence-electron chi connectivity index (χ4n) is 2.60. The molecule has 0 aliphatic carbocycles. The maximum Gasteiger partial charge on any atom is 0.416 e. The van der Waals surface area contributed by atoms with Crippen LogP contribution < -0.4 is 5.73 Å². The number of alkyl halides is 3. The number of carboxylic acid groups (broad SMARTS) is 1. The van der Waals surface area contributed by atoms with E-state index in [1.807, 2.05) is 0 Å². The molecule has 0 spiro atoms. The van der Waals surface area contributed by atoms with Crippen molar-refractivity contribution >= 4 is 16.5 Å². The highest BCUT2D eigenvalue weighted by atomic mass is 32.2. The van der Waals surface area contributed by atoms with Crippen LogP contribution in [0.2, 0.25) is 0 Å². The fraction of sp³-hybridized carbons (Fsp3) is 0.316. The molecular weight excluding hydrogens is 428 g/mol. The number of hydrogen-bond donors (Lipinski definition) is 2. The second kappa shape index (κ2) is 11.0. The maximum atomic E-state index is 13.7. The van der Waals surface area contributed by atoms with E-state index in [-0.39, 0.29) is 25.0 Å². The van der Waals surface area contributed by atoms with Crippen molar-refractivity contribution in [3.05, 3.63) is 71.0 Å². The number of sulfonamides is 1. The quantitative estimate of drug-likeness (QED) is 0.499. The van der Waals surface area contributed by atoms with Gasteiger partial charge in [-0.3, -0.25) is 4.79 Å². The third-order valence-corrected chi connectivity index (χ3v) is 5.93. The van der Waals surface area contributed by atoms with E-state index >= 15 is 0 Å². The number of rotatable bonds is 7. The summed E-state index contributed by atoms with van der Waals surface area (Å²) < 4.78 is 77.8. The minimum Gasteiger partial charge on any atom is -0.483 e. The first-order chi connectivity index (χ1) is 13.9. The molecule has 166 valence electrons. The van der Waals surface area contributed by atoms with Gasteiger partial charge in [0.1, 0.15) is 5.82 Å². The van der Waals surface area contributed by atoms with E-state index in [9.17, 15) is 26.0 Å². The van der Waals surface area contributed by atoms with Crippen LogP contribution in [0.15, 0.2) is 48.5 Å². The fourth-order valence-corrected chi connectivity index (χ4v) is 3.86. The predicted octanol–water partition coefficient (Wildman–Crippen LogP) is 2.88. The van der Waals surface area contributed by atoms with E-state index in [4.69, 9.17) is 15.6 Å². The summed E-state index contributed by atoms with van der Waals surface area (Å²) in [6, 6.07) is 9.54. The summed E-state index contributed by atoms with van der Waals surface area (Å²) in [5, 5.41) is 6.89. The minimum absolute atomic E-state index is 0.0311. The molecule has 2 rings (SSSR count). The van der Waals surface area contributed by atoms with Gasteiger partial charge >= 0.3 is 6.18 Å². The van der Waals surface area contributed by atoms with Crippen molar-refractivity contribution in [3.63, 3.8) is 0 Å². The molecular formula is C19H22F4N2O4S. The Morgan fingerprint density at radius 3 is 2.33 bits per heavy atom. The van der Waals surface area contributed by atoms with E-state index in [1.54, 1.807) is 6.07 Å². The molecule has 3 N–H and O–H groups in total. The lowest BCUT2D eigenvalue weighted by Gasteiger charge is -2.20. The molecule has 6 nitrogen and oxygen atoms in total. The Morgan fingerprint density at radius 2 is 1.77 bits per heavy atom. The zero-order valence-corrected chi connectivity index (χ0v) is 16.8. The van der Waals surface area contributed by atoms with E-state index in [0.29, 0.717) is 5.56 Å². The number of nitrogens with zero attached hydrogens (tertiary/aromatic N) is 1. The van der Waals surface area contributed by atoms with E-state index in [1.165, 1.54) is 37.4 Å². The lowest BCUT2D eigenvalue weighted by Crippen LogP contribution is -2.38. The van der Waals surface area contributed by atoms with Crippen LogP contribution in [-0.4, -0.2) is 43.1 Å². The molecule has 0 aliphatic rings. The maximum absolute atomic E-state index is 13.7. The first-order valence-corrected chi connectivity index (χ1v) is 10.2. The van der Waals surface area contributed by atoms with Crippen LogP contribution in [0.25, 0.3) is 0 Å². The Morgan fingerprint density at radius 1 is 1.17 bits per heavy atom. The molecule has 0 radical (unpaired) electrons. The van der Waals surface area contributed by atoms with E-state index in [2.05, 4.69) is 0 Å². The standard InChI is InChI=1S/C18H20F4N2O2S.CH2O2/c1-24(11-13-5-4-7-15(9-13)18(20,21)22)27(25,26)12-16(23)10-14-6-2-3-8-17(14)19;2-1-3/h2-9,16H,10-12,23H2,1H3;1H,(H,2,3). The number of carbonyl (C=O) groups is 1. The average molecular weight is 450 g/mol. The first-order valence-electron chi connectivity index (χ1n) is 8.57. The summed E-state index contributed by atoms with van der Waals surface area (Å²) in [6.07, 6.45) is -4.47. The number of hydrogen-bond acceptors (Lipinski definition) is 4. The highest BCUT2D eigenvalue weighted by Crippen LogP contribution is 2.29. The van der Waals surface area contributed by atoms with Gasteiger partial charge in [-0.25, -0.2) is 17.1 Å². The first kappa shape index (κ1) is 25.5. The summed E-state index contributed by atoms with van der Waals surface area (Å²) in [7, 11) is -2.57. The molecule has 11 heteroatoms. The van der Waals surface area contributed by atoms with Crippen LogP contribution in [0.1, 0.15) is 16.7 Å². The van der Waals surface area contributed by atoms with Crippen molar-refractivity contribution in [1.82, 2.24) is 4.31 Å². The molecule has 1 unspecified atom stereocenters. The molecule has 0 aliphatic heterocycles. The van der Waals surface area contributed by atoms with Gasteiger partial charge in [-0.2, -0.15) is 13.2 Å². The monoisotopic (exact) mass is 450 g/mol. The van der Waals surface area contributed by atoms with Gasteiger partial charge in [0.15, 0.2) is 0 Å². The van der Waals surface area contributed by atoms with Gasteiger partial charge in [-0.1, -0.05) is 36.4 Å². The van der Waals surface area contributed by atoms with E-state index < -0.39 is 39.4 Å². The van der Waals surface area contributed by atoms with Crippen LogP contribution in [0.5, 0.6) is 0 Å². The summed E-state index contributed by atoms with van der Waals surface area (Å²) in [4.78, 5) is 8.36. The SMILES string of the molecule is CN(Cc1cccc(C(F)(F)F)c1)S(=O)(=O)CC(N)Cc1ccccc1F.O=CO. The molecule has 0 bridgehead atoms. The summed E-state index contributed by atoms with van der Waals surface area (Å²) >= 11 is 0. The van der Waals surface area contributed by atoms with Crippen LogP contribution in [0.3, 0.4) is 0 Å². The van der Waals surface area contributed by atoms with Crippen molar-refractivity contribution in [2.45, 2.75) is 25.2 Å². The average Bonchev–Trinajstić information content (AvgIpc) is 2.63. The van der Waals surface area contributed by atoms with Crippen molar-refractivity contribution < 1.29 is 35.9 Å². The van der Waals surface area contributed by atoms with Crippen molar-refractivity contribution in [1.29, 1.82) is 0 Å². The summed E-state index contributed by atoms with van der Waals surface area (Å²) in [5.74, 6) is -0.917. The summed E-state index contributed by atoms with van der Waals surface area (Å²) in [6.45, 7) is -0.474. The van der Waals surface area contributed by atoms with Crippen molar-refractivity contribution in [3.8, 4) is 0 Å². The van der Waals surface area contributed by atoms with E-state index in [0.717, 1.165) is 16.4 Å². The molecule has 1 atom stereocenters. The third-order valence-electron chi connectivity index (χ3n) is 4.00. The van der Waals surface area contributed by atoms with Crippen LogP contribution in [0, 0.1) is 5.82 Å². The molecule has 2 aromatic carbocycles. The van der Waals surface area contributed by atoms with Gasteiger partial charge in [0.2, 0.25) is 10.0 Å². The normalized spacial score (nSPS) is 12.8. The van der Waals surface area contributed by atoms with Gasteiger partial charge in [-0.15, -0.1) is 0 Å². The molecule has 0 saturated carbocycles. The Kier molecular flexibility index (Phi) is 9.40. The highest BCUT2D eigenvalue weighted by Gasteiger charge is 2.30. The number of halogens is 4. The van der Waals surface area contributed by atoms with Crippen LogP contribution in [0.4, 0.5) is 17.6 Å². The lowest BCUT2D eigenvalue weighted by molar-refractivity contribution is -0.137. The minimum atomic E-state index is -4.50. The topological polar surface area (TPSA) is 101 Å². The summed E-state index contributed by atoms with van der Waals surface area (Å²) in [5.41, 5.74) is 5.52. The smallest absolute Gasteiger partial charge is 0.416 e. The molecule has 2 aromatic rings. The van der Waals surface area contributed by atoms with Crippen LogP contribution in [-0.2, 0) is 34.0 Å². The zero-order valence-electron chi connectivity index (χ0n) is 16.0. The van der Waals surface area contributed by atoms with Gasteiger partial charge in [0.05, 0.1) is 11.3 Å². The Hall–Kier alpha value is -2.50. The second-order valence-corrected chi connectivity index (χ2v) is 8.51. The Labute approximate surface area is 172 Å². The van der Waals surface area contributed by atoms with Crippen LogP contribution >= 0.6 is 0 Å². The lowest BCUT2D eigenvalue weighted by atomic mass is 10.1. The highest BCUT2D eigenvalue weighted by molar-refractivity contribution is 7.89. The Balaban J connectivity index is 0.00000141. The molecule has 0 saturated heterocycles. The third kappa shape index (κ3) is 8.09. The second-order valence-electron chi connectivity index (χ2n) is 6.39. The molecule has 0 amide bonds. The van der Waals surface area contributed by atoms with Gasteiger partial charge in [0, 0.05) is 19.6 Å². The largest absolute Gasteiger partial charge is 0.483 e. The number of nitrogens with two attached hydrogens (primary N) is 1. The van der Waals surface area contributed by atoms with Gasteiger partial charge < -0.3 is 10.8 Å². The van der Waals surface area contributed by atoms with Crippen molar-refractivity contribution in [2.75, 3.05) is 12.8 Å². The predicted molar refractivity (Wildman–Crippen MR) is 103 cm³/mol. The molecule has 0 heterocycles. The Bertz CT molecular complexity index is 936. The molecule has 30 heavy (non-hydrogen) atoms.